The van der Waals surface area contributed by atoms with Crippen LogP contribution in [0.25, 0.3) is 0 Å². The van der Waals surface area contributed by atoms with E-state index in [0.29, 0.717) is 5.17 Å². The number of nitrogens with zero attached hydrogens (tertiary/aromatic N) is 1. The molecule has 0 aromatic heterocycles. The lowest BCUT2D eigenvalue weighted by atomic mass is 9.86. The molecule has 0 amide bonds. The van der Waals surface area contributed by atoms with Crippen LogP contribution in [0.2, 0.25) is 0 Å². The summed E-state index contributed by atoms with van der Waals surface area (Å²) in [7, 11) is 0. The molecular formula is C9H11ClN+. The molecule has 11 heavy (non-hydrogen) atoms. The SMILES string of the molecule is CC(C)(C)C1=CN=C(Cl)C=[C+]1. The third-order valence-electron chi connectivity index (χ3n) is 1.47. The monoisotopic (exact) mass is 168 g/mol. The molecule has 0 bridgehead atoms. The maximum absolute atomic E-state index is 5.62. The van der Waals surface area contributed by atoms with Crippen LogP contribution in [0.15, 0.2) is 22.8 Å². The topological polar surface area (TPSA) is 12.4 Å². The number of allylic oxidation sites excluding steroid dienone is 3. The smallest absolute Gasteiger partial charge is 0.113 e. The van der Waals surface area contributed by atoms with E-state index in [-0.39, 0.29) is 5.41 Å². The summed E-state index contributed by atoms with van der Waals surface area (Å²) in [5.41, 5.74) is 1.19. The number of hydrogen-bond acceptors (Lipinski definition) is 1. The quantitative estimate of drug-likeness (QED) is 0.494. The molecule has 1 rings (SSSR count). The number of hydrogen-bond donors (Lipinski definition) is 0. The Kier molecular flexibility index (Phi) is 2.12. The summed E-state index contributed by atoms with van der Waals surface area (Å²) >= 11 is 5.62. The standard InChI is InChI=1S/C9H11ClN/c1-9(2,3)7-4-5-8(10)11-6-7/h5-6H,1-3H3/q+1. The van der Waals surface area contributed by atoms with Gasteiger partial charge in [0.05, 0.1) is 0 Å². The second-order valence-electron chi connectivity index (χ2n) is 3.53. The molecule has 0 saturated heterocycles. The molecule has 2 heteroatoms. The first-order chi connectivity index (χ1) is 5.00. The highest BCUT2D eigenvalue weighted by Crippen LogP contribution is 2.27. The van der Waals surface area contributed by atoms with Crippen molar-refractivity contribution in [3.8, 4) is 0 Å². The van der Waals surface area contributed by atoms with E-state index in [1.54, 1.807) is 12.3 Å². The lowest BCUT2D eigenvalue weighted by Gasteiger charge is -2.13. The second-order valence-corrected chi connectivity index (χ2v) is 3.92. The Bertz CT molecular complexity index is 241. The van der Waals surface area contributed by atoms with Crippen molar-refractivity contribution in [3.63, 3.8) is 0 Å². The van der Waals surface area contributed by atoms with Gasteiger partial charge in [-0.3, -0.25) is 0 Å². The molecule has 0 aliphatic carbocycles. The molecule has 0 atom stereocenters. The molecule has 0 saturated carbocycles. The van der Waals surface area contributed by atoms with Gasteiger partial charge in [-0.1, -0.05) is 20.8 Å². The van der Waals surface area contributed by atoms with Crippen molar-refractivity contribution in [1.82, 2.24) is 0 Å². The van der Waals surface area contributed by atoms with Crippen molar-refractivity contribution < 1.29 is 0 Å². The molecule has 1 heterocycles. The molecule has 0 fully saturated rings. The third kappa shape index (κ3) is 2.14. The highest BCUT2D eigenvalue weighted by atomic mass is 35.5. The Balaban J connectivity index is 2.89. The Morgan fingerprint density at radius 2 is 2.09 bits per heavy atom. The number of rotatable bonds is 0. The van der Waals surface area contributed by atoms with Gasteiger partial charge in [-0.2, -0.15) is 0 Å². The predicted octanol–water partition coefficient (Wildman–Crippen LogP) is 2.93. The van der Waals surface area contributed by atoms with E-state index in [0.717, 1.165) is 5.57 Å². The summed E-state index contributed by atoms with van der Waals surface area (Å²) in [5.74, 6) is 0. The van der Waals surface area contributed by atoms with Crippen LogP contribution in [0.3, 0.4) is 0 Å². The van der Waals surface area contributed by atoms with Gasteiger partial charge < -0.3 is 0 Å². The molecule has 0 aromatic rings. The summed E-state index contributed by atoms with van der Waals surface area (Å²) in [5, 5.41) is 0.498. The van der Waals surface area contributed by atoms with Crippen LogP contribution in [-0.2, 0) is 0 Å². The first-order valence-corrected chi connectivity index (χ1v) is 3.91. The summed E-state index contributed by atoms with van der Waals surface area (Å²) in [6, 6.07) is 0. The van der Waals surface area contributed by atoms with E-state index < -0.39 is 0 Å². The van der Waals surface area contributed by atoms with E-state index in [4.69, 9.17) is 11.6 Å². The van der Waals surface area contributed by atoms with Crippen LogP contribution in [0.1, 0.15) is 20.8 Å². The molecule has 0 aromatic carbocycles. The van der Waals surface area contributed by atoms with Crippen molar-refractivity contribution in [2.45, 2.75) is 20.8 Å². The van der Waals surface area contributed by atoms with E-state index in [2.05, 4.69) is 31.8 Å². The van der Waals surface area contributed by atoms with Crippen LogP contribution < -0.4 is 0 Å². The Morgan fingerprint density at radius 3 is 2.45 bits per heavy atom. The normalized spacial score (nSPS) is 17.1. The maximum Gasteiger partial charge on any atom is 0.247 e. The Labute approximate surface area is 72.5 Å². The van der Waals surface area contributed by atoms with Crippen LogP contribution in [0.4, 0.5) is 0 Å². The first-order valence-electron chi connectivity index (χ1n) is 3.54. The molecule has 0 unspecified atom stereocenters. The largest absolute Gasteiger partial charge is 0.247 e. The van der Waals surface area contributed by atoms with Gasteiger partial charge in [0.15, 0.2) is 0 Å². The van der Waals surface area contributed by atoms with E-state index >= 15 is 0 Å². The Morgan fingerprint density at radius 1 is 1.45 bits per heavy atom. The van der Waals surface area contributed by atoms with Crippen molar-refractivity contribution in [2.75, 3.05) is 0 Å². The fraction of sp³-hybridized carbons (Fsp3) is 0.444. The lowest BCUT2D eigenvalue weighted by Crippen LogP contribution is -2.09. The summed E-state index contributed by atoms with van der Waals surface area (Å²) in [6.07, 6.45) is 6.54. The third-order valence-corrected chi connectivity index (χ3v) is 1.68. The van der Waals surface area contributed by atoms with Crippen molar-refractivity contribution in [1.29, 1.82) is 0 Å². The van der Waals surface area contributed by atoms with Crippen LogP contribution >= 0.6 is 11.6 Å². The van der Waals surface area contributed by atoms with Crippen molar-refractivity contribution >= 4 is 16.8 Å². The second kappa shape index (κ2) is 2.77. The van der Waals surface area contributed by atoms with Crippen LogP contribution in [-0.4, -0.2) is 5.17 Å². The highest BCUT2D eigenvalue weighted by molar-refractivity contribution is 6.68. The number of aliphatic imine (C=N–C) groups is 1. The zero-order valence-corrected chi connectivity index (χ0v) is 7.74. The van der Waals surface area contributed by atoms with Gasteiger partial charge in [-0.05, 0) is 0 Å². The van der Waals surface area contributed by atoms with Crippen LogP contribution in [0, 0.1) is 11.5 Å². The van der Waals surface area contributed by atoms with Crippen molar-refractivity contribution in [2.24, 2.45) is 10.4 Å². The number of halogens is 1. The molecular weight excluding hydrogens is 158 g/mol. The van der Waals surface area contributed by atoms with Gasteiger partial charge in [0.25, 0.3) is 0 Å². The van der Waals surface area contributed by atoms with Crippen molar-refractivity contribution in [3.05, 3.63) is 23.9 Å². The molecule has 1 aliphatic heterocycles. The van der Waals surface area contributed by atoms with E-state index in [9.17, 15) is 0 Å². The molecule has 1 nitrogen and oxygen atoms in total. The first kappa shape index (κ1) is 8.45. The van der Waals surface area contributed by atoms with Gasteiger partial charge in [0.1, 0.15) is 17.8 Å². The van der Waals surface area contributed by atoms with Gasteiger partial charge in [-0.15, -0.1) is 4.99 Å². The summed E-state index contributed by atoms with van der Waals surface area (Å²) < 4.78 is 0. The lowest BCUT2D eigenvalue weighted by molar-refractivity contribution is 0.512. The molecule has 0 radical (unpaired) electrons. The predicted molar refractivity (Wildman–Crippen MR) is 48.6 cm³/mol. The highest BCUT2D eigenvalue weighted by Gasteiger charge is 2.23. The van der Waals surface area contributed by atoms with Gasteiger partial charge in [-0.25, -0.2) is 0 Å². The van der Waals surface area contributed by atoms with Gasteiger partial charge >= 0.3 is 0 Å². The zero-order chi connectivity index (χ0) is 8.48. The molecule has 0 spiro atoms. The minimum atomic E-state index is 0.109. The average molecular weight is 169 g/mol. The molecule has 0 N–H and O–H groups in total. The molecule has 1 aliphatic rings. The van der Waals surface area contributed by atoms with Gasteiger partial charge in [0.2, 0.25) is 5.17 Å². The van der Waals surface area contributed by atoms with E-state index in [1.165, 1.54) is 0 Å². The minimum absolute atomic E-state index is 0.109. The average Bonchev–Trinajstić information content (AvgIpc) is 1.86. The zero-order valence-electron chi connectivity index (χ0n) is 6.98. The maximum atomic E-state index is 5.62. The fourth-order valence-corrected chi connectivity index (χ4v) is 0.852. The molecule has 58 valence electrons. The fourth-order valence-electron chi connectivity index (χ4n) is 0.748. The Hall–Kier alpha value is -0.650. The van der Waals surface area contributed by atoms with E-state index in [1.807, 2.05) is 0 Å². The summed E-state index contributed by atoms with van der Waals surface area (Å²) in [6.45, 7) is 6.36. The summed E-state index contributed by atoms with van der Waals surface area (Å²) in [4.78, 5) is 3.98. The van der Waals surface area contributed by atoms with Crippen LogP contribution in [0.5, 0.6) is 0 Å². The van der Waals surface area contributed by atoms with Gasteiger partial charge in [0, 0.05) is 23.1 Å². The minimum Gasteiger partial charge on any atom is -0.113 e.